The lowest BCUT2D eigenvalue weighted by molar-refractivity contribution is 0.0991. The topological polar surface area (TPSA) is 40.6 Å². The van der Waals surface area contributed by atoms with Crippen molar-refractivity contribution in [3.63, 3.8) is 0 Å². The molecule has 4 heteroatoms. The van der Waals surface area contributed by atoms with Crippen LogP contribution < -0.4 is 4.90 Å². The highest BCUT2D eigenvalue weighted by molar-refractivity contribution is 6.05. The number of anilines is 1. The van der Waals surface area contributed by atoms with Gasteiger partial charge in [0.2, 0.25) is 0 Å². The summed E-state index contributed by atoms with van der Waals surface area (Å²) in [4.78, 5) is 29.3. The van der Waals surface area contributed by atoms with E-state index in [4.69, 9.17) is 0 Å². The predicted molar refractivity (Wildman–Crippen MR) is 127 cm³/mol. The van der Waals surface area contributed by atoms with Crippen LogP contribution in [0.4, 0.5) is 5.69 Å². The van der Waals surface area contributed by atoms with E-state index >= 15 is 0 Å². The monoisotopic (exact) mass is 418 g/mol. The average Bonchev–Trinajstić information content (AvgIpc) is 3.37. The molecule has 0 amide bonds. The van der Waals surface area contributed by atoms with Crippen molar-refractivity contribution in [2.75, 3.05) is 25.0 Å². The third-order valence-corrected chi connectivity index (χ3v) is 7.08. The number of benzene rings is 2. The van der Waals surface area contributed by atoms with Crippen molar-refractivity contribution in [1.29, 1.82) is 0 Å². The van der Waals surface area contributed by atoms with Crippen LogP contribution in [0.5, 0.6) is 0 Å². The molecule has 0 radical (unpaired) electrons. The Morgan fingerprint density at radius 1 is 1.10 bits per heavy atom. The van der Waals surface area contributed by atoms with Crippen molar-refractivity contribution in [3.8, 4) is 11.1 Å². The van der Waals surface area contributed by atoms with E-state index in [1.807, 2.05) is 32.0 Å². The molecule has 4 nitrogen and oxygen atoms in total. The van der Waals surface area contributed by atoms with E-state index in [-0.39, 0.29) is 11.6 Å². The molecular formula is C27H34N2O2. The van der Waals surface area contributed by atoms with Gasteiger partial charge in [-0.05, 0) is 81.1 Å². The number of likely N-dealkylation sites (tertiary alicyclic amines) is 1. The fraction of sp³-hybridized carbons (Fsp3) is 0.481. The maximum Gasteiger partial charge on any atom is 0.163 e. The molecule has 2 heterocycles. The first-order valence-corrected chi connectivity index (χ1v) is 11.8. The molecule has 1 saturated heterocycles. The minimum absolute atomic E-state index is 0.0858. The van der Waals surface area contributed by atoms with Crippen LogP contribution >= 0.6 is 0 Å². The molecule has 31 heavy (non-hydrogen) atoms. The van der Waals surface area contributed by atoms with Crippen LogP contribution in [0.25, 0.3) is 11.1 Å². The molecule has 2 aromatic rings. The van der Waals surface area contributed by atoms with E-state index in [2.05, 4.69) is 29.0 Å². The Labute approximate surface area is 186 Å². The summed E-state index contributed by atoms with van der Waals surface area (Å²) in [6.07, 6.45) is 5.15. The Balaban J connectivity index is 0.00000112. The van der Waals surface area contributed by atoms with Crippen LogP contribution in [0.1, 0.15) is 78.3 Å². The maximum absolute atomic E-state index is 12.3. The second-order valence-corrected chi connectivity index (χ2v) is 8.82. The number of rotatable bonds is 4. The van der Waals surface area contributed by atoms with Crippen LogP contribution in [0.3, 0.4) is 0 Å². The summed E-state index contributed by atoms with van der Waals surface area (Å²) in [5.41, 5.74) is 7.64. The summed E-state index contributed by atoms with van der Waals surface area (Å²) in [5, 5.41) is 0. The highest BCUT2D eigenvalue weighted by Crippen LogP contribution is 2.44. The summed E-state index contributed by atoms with van der Waals surface area (Å²) in [7, 11) is 2.23. The van der Waals surface area contributed by atoms with Crippen molar-refractivity contribution in [3.05, 3.63) is 52.6 Å². The lowest BCUT2D eigenvalue weighted by atomic mass is 9.86. The summed E-state index contributed by atoms with van der Waals surface area (Å²) in [6, 6.07) is 10.9. The number of Topliss-reactive ketones (excluding diaryl/α,β-unsaturated/α-hetero) is 2. The largest absolute Gasteiger partial charge is 0.367 e. The molecular weight excluding hydrogens is 384 g/mol. The van der Waals surface area contributed by atoms with E-state index in [1.54, 1.807) is 6.92 Å². The van der Waals surface area contributed by atoms with Crippen LogP contribution in [0.15, 0.2) is 30.3 Å². The quantitative estimate of drug-likeness (QED) is 0.614. The highest BCUT2D eigenvalue weighted by atomic mass is 16.1. The van der Waals surface area contributed by atoms with E-state index in [0.29, 0.717) is 12.5 Å². The van der Waals surface area contributed by atoms with Gasteiger partial charge in [0.15, 0.2) is 11.6 Å². The third-order valence-electron chi connectivity index (χ3n) is 7.08. The minimum atomic E-state index is 0.0858. The lowest BCUT2D eigenvalue weighted by Gasteiger charge is -2.35. The van der Waals surface area contributed by atoms with Crippen molar-refractivity contribution in [1.82, 2.24) is 4.90 Å². The molecule has 0 spiro atoms. The van der Waals surface area contributed by atoms with Gasteiger partial charge in [-0.2, -0.15) is 0 Å². The number of carbonyl (C=O) groups is 2. The molecule has 1 atom stereocenters. The van der Waals surface area contributed by atoms with Gasteiger partial charge < -0.3 is 9.80 Å². The fourth-order valence-corrected chi connectivity index (χ4v) is 5.43. The lowest BCUT2D eigenvalue weighted by Crippen LogP contribution is -2.33. The van der Waals surface area contributed by atoms with Crippen molar-refractivity contribution in [2.45, 2.75) is 65.5 Å². The van der Waals surface area contributed by atoms with Gasteiger partial charge in [0, 0.05) is 47.9 Å². The summed E-state index contributed by atoms with van der Waals surface area (Å²) in [5.74, 6) is 0.335. The first-order chi connectivity index (χ1) is 15.0. The Bertz CT molecular complexity index is 1010. The summed E-state index contributed by atoms with van der Waals surface area (Å²) < 4.78 is 0. The molecule has 5 rings (SSSR count). The zero-order valence-electron chi connectivity index (χ0n) is 19.3. The molecule has 2 aromatic carbocycles. The van der Waals surface area contributed by atoms with Gasteiger partial charge in [0.25, 0.3) is 0 Å². The smallest absolute Gasteiger partial charge is 0.163 e. The molecule has 0 bridgehead atoms. The normalized spacial score (nSPS) is 19.4. The number of carbonyl (C=O) groups excluding carboxylic acids is 2. The van der Waals surface area contributed by atoms with E-state index in [0.717, 1.165) is 42.6 Å². The van der Waals surface area contributed by atoms with E-state index < -0.39 is 0 Å². The molecule has 1 fully saturated rings. The van der Waals surface area contributed by atoms with Gasteiger partial charge in [0.05, 0.1) is 0 Å². The fourth-order valence-electron chi connectivity index (χ4n) is 5.43. The maximum atomic E-state index is 12.3. The molecule has 0 aromatic heterocycles. The van der Waals surface area contributed by atoms with Crippen LogP contribution in [-0.2, 0) is 13.0 Å². The number of fused-ring (bicyclic) bond motifs is 5. The summed E-state index contributed by atoms with van der Waals surface area (Å²) >= 11 is 0. The Kier molecular flexibility index (Phi) is 6.29. The highest BCUT2D eigenvalue weighted by Gasteiger charge is 2.31. The van der Waals surface area contributed by atoms with Crippen molar-refractivity contribution < 1.29 is 9.59 Å². The molecule has 3 aliphatic rings. The van der Waals surface area contributed by atoms with Crippen LogP contribution in [0, 0.1) is 0 Å². The first-order valence-electron chi connectivity index (χ1n) is 11.8. The van der Waals surface area contributed by atoms with Gasteiger partial charge >= 0.3 is 0 Å². The molecule has 1 unspecified atom stereocenters. The number of hydrogen-bond acceptors (Lipinski definition) is 4. The molecule has 1 aliphatic carbocycles. The Hall–Kier alpha value is -2.46. The van der Waals surface area contributed by atoms with Gasteiger partial charge in [-0.1, -0.05) is 26.0 Å². The molecule has 2 aliphatic heterocycles. The van der Waals surface area contributed by atoms with Crippen molar-refractivity contribution in [2.24, 2.45) is 0 Å². The van der Waals surface area contributed by atoms with Gasteiger partial charge in [0.1, 0.15) is 0 Å². The second-order valence-electron chi connectivity index (χ2n) is 8.82. The molecule has 0 N–H and O–H groups in total. The average molecular weight is 419 g/mol. The Morgan fingerprint density at radius 3 is 2.61 bits per heavy atom. The van der Waals surface area contributed by atoms with E-state index in [9.17, 15) is 9.59 Å². The van der Waals surface area contributed by atoms with Gasteiger partial charge in [-0.15, -0.1) is 0 Å². The van der Waals surface area contributed by atoms with Crippen LogP contribution in [0.2, 0.25) is 0 Å². The summed E-state index contributed by atoms with van der Waals surface area (Å²) in [6.45, 7) is 8.71. The first kappa shape index (κ1) is 21.8. The minimum Gasteiger partial charge on any atom is -0.367 e. The number of ketones is 2. The van der Waals surface area contributed by atoms with Gasteiger partial charge in [-0.3, -0.25) is 9.59 Å². The zero-order chi connectivity index (χ0) is 22.1. The SMILES string of the molecule is CC.CC(=O)c1ccc2c(c1)-c1c(ccc3c1CCC3=O)CN2CCC1CCCN1C. The van der Waals surface area contributed by atoms with E-state index in [1.165, 1.54) is 41.8 Å². The number of hydrogen-bond donors (Lipinski definition) is 0. The standard InChI is InChI=1S/C25H28N2O2.C2H6/c1-16(28)17-6-9-23-22(14-17)25-18(5-7-20-21(25)8-10-24(20)29)15-27(23)13-11-19-4-3-12-26(19)2;1-2/h5-7,9,14,19H,3-4,8,10-13,15H2,1-2H3;1-2H3. The van der Waals surface area contributed by atoms with Gasteiger partial charge in [-0.25, -0.2) is 0 Å². The van der Waals surface area contributed by atoms with Crippen molar-refractivity contribution >= 4 is 17.3 Å². The third kappa shape index (κ3) is 3.94. The predicted octanol–water partition coefficient (Wildman–Crippen LogP) is 5.52. The second kappa shape index (κ2) is 8.96. The molecule has 164 valence electrons. The number of nitrogens with zero attached hydrogens (tertiary/aromatic N) is 2. The molecule has 0 saturated carbocycles. The zero-order valence-corrected chi connectivity index (χ0v) is 19.3. The van der Waals surface area contributed by atoms with Crippen LogP contribution in [-0.4, -0.2) is 42.6 Å². The Morgan fingerprint density at radius 2 is 1.90 bits per heavy atom.